The van der Waals surface area contributed by atoms with Gasteiger partial charge in [-0.2, -0.15) is 0 Å². The molecular formula is C23H44IN7O2. The van der Waals surface area contributed by atoms with Crippen LogP contribution in [-0.4, -0.2) is 116 Å². The number of piperidine rings is 1. The first kappa shape index (κ1) is 28.1. The fraction of sp³-hybridized carbons (Fsp3) is 0.870. The van der Waals surface area contributed by atoms with Crippen molar-refractivity contribution in [3.8, 4) is 0 Å². The highest BCUT2D eigenvalue weighted by molar-refractivity contribution is 14.0. The number of carbonyl (C=O) groups is 2. The number of nitrogens with two attached hydrogens (primary N) is 1. The van der Waals surface area contributed by atoms with Gasteiger partial charge in [0.15, 0.2) is 5.96 Å². The van der Waals surface area contributed by atoms with Crippen molar-refractivity contribution in [1.82, 2.24) is 24.9 Å². The Kier molecular flexibility index (Phi) is 12.2. The van der Waals surface area contributed by atoms with Gasteiger partial charge >= 0.3 is 0 Å². The molecule has 0 radical (unpaired) electrons. The first-order chi connectivity index (χ1) is 15.5. The van der Waals surface area contributed by atoms with Crippen LogP contribution in [-0.2, 0) is 9.59 Å². The third-order valence-corrected chi connectivity index (χ3v) is 7.32. The Morgan fingerprint density at radius 1 is 0.970 bits per heavy atom. The van der Waals surface area contributed by atoms with E-state index >= 15 is 0 Å². The molecule has 9 nitrogen and oxygen atoms in total. The molecule has 1 atom stereocenters. The van der Waals surface area contributed by atoms with Gasteiger partial charge in [-0.05, 0) is 65.1 Å². The smallest absolute Gasteiger partial charge is 0.239 e. The number of hydrogen-bond acceptors (Lipinski definition) is 5. The van der Waals surface area contributed by atoms with Crippen LogP contribution in [0.2, 0.25) is 0 Å². The molecule has 3 fully saturated rings. The van der Waals surface area contributed by atoms with Crippen molar-refractivity contribution in [2.45, 2.75) is 51.5 Å². The molecule has 0 bridgehead atoms. The van der Waals surface area contributed by atoms with Gasteiger partial charge in [-0.15, -0.1) is 24.0 Å². The van der Waals surface area contributed by atoms with Crippen LogP contribution in [0.25, 0.3) is 0 Å². The Bertz CT molecular complexity index is 641. The Hall–Kier alpha value is -1.14. The molecule has 3 N–H and O–H groups in total. The predicted molar refractivity (Wildman–Crippen MR) is 143 cm³/mol. The van der Waals surface area contributed by atoms with Crippen LogP contribution < -0.4 is 11.1 Å². The molecule has 1 unspecified atom stereocenters. The van der Waals surface area contributed by atoms with E-state index in [4.69, 9.17) is 5.73 Å². The van der Waals surface area contributed by atoms with Crippen LogP contribution in [0.1, 0.15) is 45.4 Å². The van der Waals surface area contributed by atoms with Gasteiger partial charge in [0.2, 0.25) is 11.8 Å². The highest BCUT2D eigenvalue weighted by atomic mass is 127. The molecule has 3 aliphatic rings. The molecule has 0 aromatic rings. The maximum absolute atomic E-state index is 12.7. The number of guanidine groups is 1. The lowest BCUT2D eigenvalue weighted by molar-refractivity contribution is -0.135. The van der Waals surface area contributed by atoms with E-state index in [9.17, 15) is 9.59 Å². The topological polar surface area (TPSA) is 97.5 Å². The molecule has 0 saturated carbocycles. The number of nitrogens with one attached hydrogen (secondary N) is 1. The number of primary amides is 1. The monoisotopic (exact) mass is 577 g/mol. The number of amides is 2. The normalized spacial score (nSPS) is 22.2. The number of likely N-dealkylation sites (tertiary alicyclic amines) is 2. The van der Waals surface area contributed by atoms with E-state index in [-0.39, 0.29) is 47.8 Å². The van der Waals surface area contributed by atoms with Gasteiger partial charge < -0.3 is 25.8 Å². The summed E-state index contributed by atoms with van der Waals surface area (Å²) in [5.74, 6) is 1.18. The maximum atomic E-state index is 12.7. The van der Waals surface area contributed by atoms with E-state index in [1.54, 1.807) is 0 Å². The molecule has 3 saturated heterocycles. The highest BCUT2D eigenvalue weighted by Crippen LogP contribution is 2.17. The number of aliphatic imine (C=N–C) groups is 1. The van der Waals surface area contributed by atoms with Crippen molar-refractivity contribution in [3.63, 3.8) is 0 Å². The summed E-state index contributed by atoms with van der Waals surface area (Å²) in [6, 6.07) is -0.0294. The van der Waals surface area contributed by atoms with Crippen LogP contribution in [0.5, 0.6) is 0 Å². The second-order valence-electron chi connectivity index (χ2n) is 9.43. The number of hydrogen-bond donors (Lipinski definition) is 2. The number of rotatable bonds is 8. The lowest BCUT2D eigenvalue weighted by Gasteiger charge is -2.39. The van der Waals surface area contributed by atoms with Crippen LogP contribution in [0, 0.1) is 5.92 Å². The molecule has 3 aliphatic heterocycles. The molecule has 10 heteroatoms. The molecule has 0 aromatic carbocycles. The van der Waals surface area contributed by atoms with Crippen molar-refractivity contribution < 1.29 is 9.59 Å². The van der Waals surface area contributed by atoms with Crippen LogP contribution in [0.15, 0.2) is 4.99 Å². The van der Waals surface area contributed by atoms with Crippen LogP contribution in [0.4, 0.5) is 0 Å². The third-order valence-electron chi connectivity index (χ3n) is 7.32. The third kappa shape index (κ3) is 8.24. The van der Waals surface area contributed by atoms with Gasteiger partial charge in [0.1, 0.15) is 0 Å². The lowest BCUT2D eigenvalue weighted by atomic mass is 9.96. The summed E-state index contributed by atoms with van der Waals surface area (Å²) in [5, 5.41) is 3.51. The van der Waals surface area contributed by atoms with Crippen molar-refractivity contribution in [2.75, 3.05) is 72.5 Å². The summed E-state index contributed by atoms with van der Waals surface area (Å²) in [5.41, 5.74) is 5.42. The second-order valence-corrected chi connectivity index (χ2v) is 9.43. The van der Waals surface area contributed by atoms with Crippen LogP contribution >= 0.6 is 24.0 Å². The summed E-state index contributed by atoms with van der Waals surface area (Å²) >= 11 is 0. The van der Waals surface area contributed by atoms with E-state index in [1.807, 2.05) is 11.9 Å². The predicted octanol–water partition coefficient (Wildman–Crippen LogP) is 0.786. The first-order valence-electron chi connectivity index (χ1n) is 12.5. The molecule has 0 spiro atoms. The lowest BCUT2D eigenvalue weighted by Crippen LogP contribution is -2.57. The Balaban J connectivity index is 0.00000385. The quantitative estimate of drug-likeness (QED) is 0.192. The summed E-state index contributed by atoms with van der Waals surface area (Å²) in [6.07, 6.45) is 6.30. The summed E-state index contributed by atoms with van der Waals surface area (Å²) in [6.45, 7) is 11.4. The average molecular weight is 578 g/mol. The molecular weight excluding hydrogens is 533 g/mol. The molecule has 0 aliphatic carbocycles. The van der Waals surface area contributed by atoms with Crippen molar-refractivity contribution >= 4 is 41.8 Å². The summed E-state index contributed by atoms with van der Waals surface area (Å²) in [7, 11) is 1.84. The molecule has 2 amide bonds. The fourth-order valence-corrected chi connectivity index (χ4v) is 5.11. The van der Waals surface area contributed by atoms with Gasteiger partial charge in [-0.1, -0.05) is 0 Å². The zero-order valence-electron chi connectivity index (χ0n) is 20.5. The van der Waals surface area contributed by atoms with Gasteiger partial charge in [-0.25, -0.2) is 0 Å². The second kappa shape index (κ2) is 14.3. The minimum absolute atomic E-state index is 0. The minimum atomic E-state index is -0.145. The van der Waals surface area contributed by atoms with E-state index in [0.717, 1.165) is 110 Å². The number of halogens is 1. The zero-order valence-corrected chi connectivity index (χ0v) is 22.8. The van der Waals surface area contributed by atoms with Crippen molar-refractivity contribution in [3.05, 3.63) is 0 Å². The molecule has 33 heavy (non-hydrogen) atoms. The number of piperazine rings is 1. The first-order valence-corrected chi connectivity index (χ1v) is 12.5. The largest absolute Gasteiger partial charge is 0.369 e. The van der Waals surface area contributed by atoms with Crippen LogP contribution in [0.3, 0.4) is 0 Å². The molecule has 190 valence electrons. The SMILES string of the molecule is CN=C(NCCCCN1CCC(C(N)=O)CC1)N1CCN(C(C)C(=O)N2CCCC2)CC1.I. The zero-order chi connectivity index (χ0) is 22.9. The Morgan fingerprint density at radius 2 is 1.61 bits per heavy atom. The van der Waals surface area contributed by atoms with Gasteiger partial charge in [0.05, 0.1) is 6.04 Å². The van der Waals surface area contributed by atoms with Crippen molar-refractivity contribution in [1.29, 1.82) is 0 Å². The van der Waals surface area contributed by atoms with E-state index in [1.165, 1.54) is 0 Å². The standard InChI is InChI=1S/C23H43N7O2.HI/c1-19(22(32)29-11-5-6-12-29)28-15-17-30(18-16-28)23(25-2)26-9-3-4-10-27-13-7-20(8-14-27)21(24)31;/h19-20H,3-18H2,1-2H3,(H2,24,31)(H,25,26);1H. The number of unbranched alkanes of at least 4 members (excludes halogenated alkanes) is 1. The van der Waals surface area contributed by atoms with E-state index < -0.39 is 0 Å². The fourth-order valence-electron chi connectivity index (χ4n) is 5.11. The van der Waals surface area contributed by atoms with Gasteiger partial charge in [0, 0.05) is 58.8 Å². The molecule has 3 heterocycles. The van der Waals surface area contributed by atoms with E-state index in [0.29, 0.717) is 0 Å². The Morgan fingerprint density at radius 3 is 2.18 bits per heavy atom. The maximum Gasteiger partial charge on any atom is 0.239 e. The highest BCUT2D eigenvalue weighted by Gasteiger charge is 2.30. The average Bonchev–Trinajstić information content (AvgIpc) is 3.36. The summed E-state index contributed by atoms with van der Waals surface area (Å²) in [4.78, 5) is 37.5. The van der Waals surface area contributed by atoms with Crippen molar-refractivity contribution in [2.24, 2.45) is 16.6 Å². The molecule has 3 rings (SSSR count). The molecule has 0 aromatic heterocycles. The van der Waals surface area contributed by atoms with Gasteiger partial charge in [0.25, 0.3) is 0 Å². The van der Waals surface area contributed by atoms with E-state index in [2.05, 4.69) is 31.9 Å². The minimum Gasteiger partial charge on any atom is -0.369 e. The van der Waals surface area contributed by atoms with Gasteiger partial charge in [-0.3, -0.25) is 19.5 Å². The number of carbonyl (C=O) groups excluding carboxylic acids is 2. The summed E-state index contributed by atoms with van der Waals surface area (Å²) < 4.78 is 0. The number of nitrogens with zero attached hydrogens (tertiary/aromatic N) is 5. The Labute approximate surface area is 216 Å².